The topological polar surface area (TPSA) is 125 Å². The third-order valence-corrected chi connectivity index (χ3v) is 5.42. The fourth-order valence-electron chi connectivity index (χ4n) is 3.18. The third-order valence-electron chi connectivity index (χ3n) is 4.48. The molecule has 0 saturated heterocycles. The molecular formula is C20H23N5O4S. The molecule has 1 aromatic carbocycles. The number of aryl methyl sites for hydroxylation is 2. The normalized spacial score (nSPS) is 10.8. The molecule has 10 heteroatoms. The molecule has 0 radical (unpaired) electrons. The smallest absolute Gasteiger partial charge is 0.340 e. The van der Waals surface area contributed by atoms with Crippen molar-refractivity contribution in [2.24, 2.45) is 0 Å². The highest BCUT2D eigenvalue weighted by atomic mass is 32.2. The van der Waals surface area contributed by atoms with Crippen LogP contribution in [-0.4, -0.2) is 51.1 Å². The quantitative estimate of drug-likeness (QED) is 0.242. The molecule has 2 heterocycles. The van der Waals surface area contributed by atoms with E-state index in [1.807, 2.05) is 18.2 Å². The zero-order chi connectivity index (χ0) is 21.8. The lowest BCUT2D eigenvalue weighted by molar-refractivity contribution is 0.0522. The molecule has 0 aliphatic rings. The summed E-state index contributed by atoms with van der Waals surface area (Å²) in [5.74, 6) is 6.48. The maximum absolute atomic E-state index is 12.9. The summed E-state index contributed by atoms with van der Waals surface area (Å²) in [7, 11) is 1.56. The van der Waals surface area contributed by atoms with Crippen LogP contribution in [0.2, 0.25) is 0 Å². The number of hydrogen-bond donors (Lipinski definition) is 2. The molecule has 0 spiro atoms. The highest BCUT2D eigenvalue weighted by molar-refractivity contribution is 7.99. The van der Waals surface area contributed by atoms with Crippen molar-refractivity contribution in [1.82, 2.24) is 19.9 Å². The molecule has 158 valence electrons. The Morgan fingerprint density at radius 3 is 2.57 bits per heavy atom. The Morgan fingerprint density at radius 2 is 1.87 bits per heavy atom. The number of esters is 1. The lowest BCUT2D eigenvalue weighted by Gasteiger charge is -2.08. The first-order valence-corrected chi connectivity index (χ1v) is 10.2. The van der Waals surface area contributed by atoms with Crippen molar-refractivity contribution in [1.29, 1.82) is 0 Å². The molecule has 3 N–H and O–H groups in total. The first kappa shape index (κ1) is 21.4. The van der Waals surface area contributed by atoms with Gasteiger partial charge in [-0.2, -0.15) is 0 Å². The minimum Gasteiger partial charge on any atom is -0.496 e. The minimum atomic E-state index is -0.520. The van der Waals surface area contributed by atoms with Gasteiger partial charge in [-0.3, -0.25) is 4.79 Å². The Bertz CT molecular complexity index is 1090. The Hall–Kier alpha value is -3.27. The number of thioether (sulfide) groups is 1. The fourth-order valence-corrected chi connectivity index (χ4v) is 3.91. The summed E-state index contributed by atoms with van der Waals surface area (Å²) in [6, 6.07) is 7.31. The van der Waals surface area contributed by atoms with Gasteiger partial charge in [-0.1, -0.05) is 23.9 Å². The largest absolute Gasteiger partial charge is 0.496 e. The number of aromatic nitrogens is 4. The monoisotopic (exact) mass is 429 g/mol. The van der Waals surface area contributed by atoms with Gasteiger partial charge in [-0.25, -0.2) is 9.47 Å². The Kier molecular flexibility index (Phi) is 6.46. The van der Waals surface area contributed by atoms with E-state index in [4.69, 9.17) is 15.3 Å². The van der Waals surface area contributed by atoms with Crippen molar-refractivity contribution in [3.63, 3.8) is 0 Å². The SMILES string of the molecule is CCOC(=O)c1c(C)[nH]c(C)c1C(=O)CSc1nnc(-c2ccccc2OC)n1N. The van der Waals surface area contributed by atoms with Gasteiger partial charge in [-0.05, 0) is 32.9 Å². The number of H-pyrrole nitrogens is 1. The average molecular weight is 430 g/mol. The van der Waals surface area contributed by atoms with E-state index >= 15 is 0 Å². The molecule has 0 atom stereocenters. The van der Waals surface area contributed by atoms with Crippen molar-refractivity contribution in [2.75, 3.05) is 25.3 Å². The number of hydrogen-bond acceptors (Lipinski definition) is 8. The van der Waals surface area contributed by atoms with Crippen LogP contribution in [0.25, 0.3) is 11.4 Å². The van der Waals surface area contributed by atoms with Crippen molar-refractivity contribution in [3.05, 3.63) is 46.8 Å². The van der Waals surface area contributed by atoms with E-state index in [0.29, 0.717) is 39.2 Å². The fraction of sp³-hybridized carbons (Fsp3) is 0.300. The number of rotatable bonds is 8. The number of ether oxygens (including phenoxy) is 2. The van der Waals surface area contributed by atoms with Crippen LogP contribution < -0.4 is 10.6 Å². The number of nitrogen functional groups attached to an aromatic ring is 1. The number of nitrogens with zero attached hydrogens (tertiary/aromatic N) is 3. The van der Waals surface area contributed by atoms with Crippen molar-refractivity contribution < 1.29 is 19.1 Å². The highest BCUT2D eigenvalue weighted by Gasteiger charge is 2.26. The van der Waals surface area contributed by atoms with Gasteiger partial charge >= 0.3 is 5.97 Å². The molecule has 9 nitrogen and oxygen atoms in total. The van der Waals surface area contributed by atoms with E-state index in [1.165, 1.54) is 4.68 Å². The van der Waals surface area contributed by atoms with Crippen LogP contribution in [0, 0.1) is 13.8 Å². The molecule has 30 heavy (non-hydrogen) atoms. The first-order valence-electron chi connectivity index (χ1n) is 9.25. The summed E-state index contributed by atoms with van der Waals surface area (Å²) in [4.78, 5) is 28.2. The molecule has 0 unspecified atom stereocenters. The van der Waals surface area contributed by atoms with E-state index in [-0.39, 0.29) is 23.7 Å². The summed E-state index contributed by atoms with van der Waals surface area (Å²) in [6.45, 7) is 5.43. The second-order valence-electron chi connectivity index (χ2n) is 6.43. The van der Waals surface area contributed by atoms with Gasteiger partial charge < -0.3 is 20.3 Å². The Labute approximate surface area is 177 Å². The highest BCUT2D eigenvalue weighted by Crippen LogP contribution is 2.30. The molecular weight excluding hydrogens is 406 g/mol. The number of aromatic amines is 1. The van der Waals surface area contributed by atoms with Crippen LogP contribution in [0.15, 0.2) is 29.4 Å². The van der Waals surface area contributed by atoms with Crippen molar-refractivity contribution >= 4 is 23.5 Å². The van der Waals surface area contributed by atoms with Crippen LogP contribution in [0.3, 0.4) is 0 Å². The summed E-state index contributed by atoms with van der Waals surface area (Å²) < 4.78 is 11.8. The molecule has 0 aliphatic heterocycles. The predicted octanol–water partition coefficient (Wildman–Crippen LogP) is 2.76. The van der Waals surface area contributed by atoms with E-state index in [1.54, 1.807) is 33.9 Å². The zero-order valence-corrected chi connectivity index (χ0v) is 18.0. The molecule has 0 amide bonds. The molecule has 3 aromatic rings. The molecule has 0 fully saturated rings. The maximum atomic E-state index is 12.9. The second kappa shape index (κ2) is 9.04. The lowest BCUT2D eigenvalue weighted by Crippen LogP contribution is -2.15. The number of nitrogens with one attached hydrogen (secondary N) is 1. The van der Waals surface area contributed by atoms with Crippen molar-refractivity contribution in [3.8, 4) is 17.1 Å². The Morgan fingerprint density at radius 1 is 1.17 bits per heavy atom. The number of methoxy groups -OCH3 is 1. The summed E-state index contributed by atoms with van der Waals surface area (Å²) in [5, 5.41) is 8.59. The van der Waals surface area contributed by atoms with Gasteiger partial charge in [0.05, 0.1) is 36.2 Å². The number of ketones is 1. The second-order valence-corrected chi connectivity index (χ2v) is 7.38. The lowest BCUT2D eigenvalue weighted by atomic mass is 10.1. The summed E-state index contributed by atoms with van der Waals surface area (Å²) in [5.41, 5.74) is 2.50. The minimum absolute atomic E-state index is 0.0335. The van der Waals surface area contributed by atoms with Crippen molar-refractivity contribution in [2.45, 2.75) is 25.9 Å². The van der Waals surface area contributed by atoms with Crippen LogP contribution in [0.5, 0.6) is 5.75 Å². The number of nitrogens with two attached hydrogens (primary N) is 1. The van der Waals surface area contributed by atoms with E-state index in [9.17, 15) is 9.59 Å². The summed E-state index contributed by atoms with van der Waals surface area (Å²) in [6.07, 6.45) is 0. The molecule has 0 saturated carbocycles. The van der Waals surface area contributed by atoms with Gasteiger partial charge in [0.1, 0.15) is 5.75 Å². The summed E-state index contributed by atoms with van der Waals surface area (Å²) >= 11 is 1.14. The molecule has 2 aromatic heterocycles. The van der Waals surface area contributed by atoms with Crippen LogP contribution in [0.1, 0.15) is 39.0 Å². The Balaban J connectivity index is 1.82. The number of benzene rings is 1. The molecule has 3 rings (SSSR count). The van der Waals surface area contributed by atoms with Gasteiger partial charge in [0.15, 0.2) is 11.6 Å². The average Bonchev–Trinajstić information content (AvgIpc) is 3.24. The number of Topliss-reactive ketones (excluding diaryl/α,β-unsaturated/α-hetero) is 1. The number of para-hydroxylation sites is 1. The zero-order valence-electron chi connectivity index (χ0n) is 17.2. The van der Waals surface area contributed by atoms with E-state index in [0.717, 1.165) is 11.8 Å². The van der Waals surface area contributed by atoms with Gasteiger partial charge in [-0.15, -0.1) is 10.2 Å². The van der Waals surface area contributed by atoms with E-state index < -0.39 is 5.97 Å². The standard InChI is InChI=1S/C20H23N5O4S/c1-5-29-19(27)17-12(3)22-11(2)16(17)14(26)10-30-20-24-23-18(25(20)21)13-8-6-7-9-15(13)28-4/h6-9,22H,5,10,21H2,1-4H3. The van der Waals surface area contributed by atoms with E-state index in [2.05, 4.69) is 15.2 Å². The number of carbonyl (C=O) groups is 2. The van der Waals surface area contributed by atoms with Gasteiger partial charge in [0.25, 0.3) is 0 Å². The maximum Gasteiger partial charge on any atom is 0.340 e. The molecule has 0 bridgehead atoms. The number of carbonyl (C=O) groups excluding carboxylic acids is 2. The van der Waals surface area contributed by atoms with Gasteiger partial charge in [0, 0.05) is 11.4 Å². The predicted molar refractivity (Wildman–Crippen MR) is 113 cm³/mol. The van der Waals surface area contributed by atoms with Crippen LogP contribution in [-0.2, 0) is 4.74 Å². The molecule has 0 aliphatic carbocycles. The first-order chi connectivity index (χ1) is 14.4. The third kappa shape index (κ3) is 4.04. The van der Waals surface area contributed by atoms with Gasteiger partial charge in [0.2, 0.25) is 5.16 Å². The van der Waals surface area contributed by atoms with Crippen LogP contribution in [0.4, 0.5) is 0 Å². The van der Waals surface area contributed by atoms with Crippen LogP contribution >= 0.6 is 11.8 Å².